The van der Waals surface area contributed by atoms with E-state index in [-0.39, 0.29) is 0 Å². The number of ether oxygens (including phenoxy) is 5. The first-order chi connectivity index (χ1) is 21.5. The van der Waals surface area contributed by atoms with Gasteiger partial charge < -0.3 is 85.4 Å². The van der Waals surface area contributed by atoms with Crippen molar-refractivity contribution in [1.29, 1.82) is 0 Å². The molecular formula is C26H44N2O18. The van der Waals surface area contributed by atoms with E-state index in [4.69, 9.17) is 23.7 Å². The van der Waals surface area contributed by atoms with Crippen molar-refractivity contribution in [1.82, 2.24) is 10.6 Å². The molecule has 3 aliphatic heterocycles. The van der Waals surface area contributed by atoms with Crippen molar-refractivity contribution in [2.75, 3.05) is 19.8 Å². The predicted octanol–water partition coefficient (Wildman–Crippen LogP) is -7.01. The second-order valence-corrected chi connectivity index (χ2v) is 11.5. The summed E-state index contributed by atoms with van der Waals surface area (Å²) in [6.45, 7) is 1.08. The van der Waals surface area contributed by atoms with E-state index in [1.807, 2.05) is 0 Å². The van der Waals surface area contributed by atoms with E-state index in [0.717, 1.165) is 6.92 Å². The minimum atomic E-state index is -3.00. The third-order valence-corrected chi connectivity index (χ3v) is 8.14. The van der Waals surface area contributed by atoms with Gasteiger partial charge in [-0.15, -0.1) is 0 Å². The van der Waals surface area contributed by atoms with E-state index in [9.17, 15) is 65.4 Å². The number of aliphatic hydroxyl groups excluding tert-OH is 9. The average molecular weight is 673 g/mol. The van der Waals surface area contributed by atoms with Crippen LogP contribution >= 0.6 is 0 Å². The fourth-order valence-corrected chi connectivity index (χ4v) is 5.81. The summed E-state index contributed by atoms with van der Waals surface area (Å²) in [5, 5.41) is 109. The molecule has 0 bridgehead atoms. The van der Waals surface area contributed by atoms with Crippen molar-refractivity contribution >= 4 is 17.8 Å². The molecule has 46 heavy (non-hydrogen) atoms. The number of rotatable bonds is 12. The Bertz CT molecular complexity index is 1050. The standard InChI is InChI=1S/C26H44N2O18/c1-8-15(27-9(2)32)21(18(37)13(6-30)42-8)44-24-20(39)23(19(38)14(7-31)43-24)46-26(25(40)41)4-11(34)16(28-10(3)33)22(45-26)17(36)12(35)5-29/h8,11-24,29-31,34-39H,4-7H2,1-3H3,(H,27,32)(H,28,33)(H,40,41)/t8-,11?,12-,13?,14?,15?,16-,17-,18+,19+,20?,21?,22?,23?,24+,26+/m1/s1. The number of aliphatic carboxylic acids is 1. The Balaban J connectivity index is 1.98. The molecule has 2 amide bonds. The summed E-state index contributed by atoms with van der Waals surface area (Å²) in [6.07, 6.45) is -23.7. The Hall–Kier alpha value is -2.15. The van der Waals surface area contributed by atoms with Crippen LogP contribution in [0.5, 0.6) is 0 Å². The zero-order chi connectivity index (χ0) is 34.7. The van der Waals surface area contributed by atoms with Crippen molar-refractivity contribution in [2.45, 2.75) is 125 Å². The van der Waals surface area contributed by atoms with Gasteiger partial charge in [-0.05, 0) is 6.92 Å². The summed E-state index contributed by atoms with van der Waals surface area (Å²) in [4.78, 5) is 36.4. The number of carboxylic acids is 1. The smallest absolute Gasteiger partial charge is 0.364 e. The van der Waals surface area contributed by atoms with E-state index in [2.05, 4.69) is 10.6 Å². The highest BCUT2D eigenvalue weighted by Crippen LogP contribution is 2.38. The molecule has 0 aromatic rings. The molecule has 8 unspecified atom stereocenters. The Kier molecular flexibility index (Phi) is 13.2. The van der Waals surface area contributed by atoms with Gasteiger partial charge in [0.15, 0.2) is 6.29 Å². The van der Waals surface area contributed by atoms with Crippen molar-refractivity contribution in [3.63, 3.8) is 0 Å². The minimum absolute atomic E-state index is 0.560. The Labute approximate surface area is 262 Å². The van der Waals surface area contributed by atoms with Crippen LogP contribution in [0.4, 0.5) is 0 Å². The number of hydrogen-bond donors (Lipinski definition) is 12. The van der Waals surface area contributed by atoms with Crippen LogP contribution in [0.15, 0.2) is 0 Å². The fourth-order valence-electron chi connectivity index (χ4n) is 5.81. The molecule has 0 saturated carbocycles. The van der Waals surface area contributed by atoms with E-state index >= 15 is 0 Å². The number of amides is 2. The van der Waals surface area contributed by atoms with Gasteiger partial charge in [0.1, 0.15) is 61.0 Å². The summed E-state index contributed by atoms with van der Waals surface area (Å²) in [7, 11) is 0. The van der Waals surface area contributed by atoms with Gasteiger partial charge >= 0.3 is 5.97 Å². The van der Waals surface area contributed by atoms with Gasteiger partial charge in [-0.3, -0.25) is 9.59 Å². The molecule has 0 aromatic carbocycles. The van der Waals surface area contributed by atoms with E-state index in [1.54, 1.807) is 0 Å². The summed E-state index contributed by atoms with van der Waals surface area (Å²) < 4.78 is 28.1. The van der Waals surface area contributed by atoms with Gasteiger partial charge in [-0.1, -0.05) is 0 Å². The van der Waals surface area contributed by atoms with Gasteiger partial charge in [0.05, 0.1) is 44.1 Å². The van der Waals surface area contributed by atoms with Gasteiger partial charge in [0.25, 0.3) is 5.79 Å². The molecule has 0 spiro atoms. The second kappa shape index (κ2) is 15.8. The maximum atomic E-state index is 12.7. The van der Waals surface area contributed by atoms with Gasteiger partial charge in [0, 0.05) is 20.3 Å². The first kappa shape index (κ1) is 38.3. The number of hydrogen-bond acceptors (Lipinski definition) is 17. The molecule has 3 rings (SSSR count). The van der Waals surface area contributed by atoms with Gasteiger partial charge in [-0.25, -0.2) is 4.79 Å². The van der Waals surface area contributed by atoms with Crippen molar-refractivity contribution < 1.29 is 89.1 Å². The van der Waals surface area contributed by atoms with Crippen LogP contribution in [0.3, 0.4) is 0 Å². The van der Waals surface area contributed by atoms with Crippen LogP contribution in [0.2, 0.25) is 0 Å². The molecular weight excluding hydrogens is 628 g/mol. The lowest BCUT2D eigenvalue weighted by Gasteiger charge is -2.51. The Morgan fingerprint density at radius 3 is 1.93 bits per heavy atom. The fraction of sp³-hybridized carbons (Fsp3) is 0.885. The van der Waals surface area contributed by atoms with Crippen LogP contribution in [-0.2, 0) is 38.1 Å². The topological polar surface area (TPSA) is 324 Å². The monoisotopic (exact) mass is 672 g/mol. The van der Waals surface area contributed by atoms with E-state index in [0.29, 0.717) is 0 Å². The molecule has 0 aromatic heterocycles. The number of carbonyl (C=O) groups is 3. The van der Waals surface area contributed by atoms with Crippen LogP contribution in [0.25, 0.3) is 0 Å². The number of carboxylic acid groups (broad SMARTS) is 1. The second-order valence-electron chi connectivity index (χ2n) is 11.5. The molecule has 20 heteroatoms. The summed E-state index contributed by atoms with van der Waals surface area (Å²) in [5.74, 6) is -6.25. The average Bonchev–Trinajstić information content (AvgIpc) is 2.99. The van der Waals surface area contributed by atoms with Crippen molar-refractivity contribution in [3.8, 4) is 0 Å². The molecule has 20 nitrogen and oxygen atoms in total. The zero-order valence-electron chi connectivity index (χ0n) is 25.2. The lowest BCUT2D eigenvalue weighted by atomic mass is 9.88. The molecule has 3 fully saturated rings. The Morgan fingerprint density at radius 2 is 1.41 bits per heavy atom. The largest absolute Gasteiger partial charge is 0.477 e. The molecule has 266 valence electrons. The van der Waals surface area contributed by atoms with Crippen LogP contribution < -0.4 is 10.6 Å². The molecule has 16 atom stereocenters. The van der Waals surface area contributed by atoms with Crippen LogP contribution in [0, 0.1) is 0 Å². The maximum Gasteiger partial charge on any atom is 0.364 e. The summed E-state index contributed by atoms with van der Waals surface area (Å²) in [6, 6.07) is -2.62. The zero-order valence-corrected chi connectivity index (χ0v) is 25.2. The molecule has 3 aliphatic rings. The maximum absolute atomic E-state index is 12.7. The first-order valence-corrected chi connectivity index (χ1v) is 14.5. The number of nitrogens with one attached hydrogen (secondary N) is 2. The lowest BCUT2D eigenvalue weighted by molar-refractivity contribution is -0.378. The van der Waals surface area contributed by atoms with E-state index in [1.165, 1.54) is 13.8 Å². The first-order valence-electron chi connectivity index (χ1n) is 14.5. The molecule has 3 saturated heterocycles. The number of aliphatic hydroxyl groups is 9. The van der Waals surface area contributed by atoms with Crippen LogP contribution in [-0.4, -0.2) is 186 Å². The van der Waals surface area contributed by atoms with Crippen molar-refractivity contribution in [2.24, 2.45) is 0 Å². The van der Waals surface area contributed by atoms with Crippen molar-refractivity contribution in [3.05, 3.63) is 0 Å². The quantitative estimate of drug-likeness (QED) is 0.0916. The molecule has 12 N–H and O–H groups in total. The third-order valence-electron chi connectivity index (χ3n) is 8.14. The molecule has 0 aliphatic carbocycles. The van der Waals surface area contributed by atoms with Gasteiger partial charge in [0.2, 0.25) is 11.8 Å². The normalized spacial score (nSPS) is 42.9. The number of carbonyl (C=O) groups excluding carboxylic acids is 2. The minimum Gasteiger partial charge on any atom is -0.477 e. The highest BCUT2D eigenvalue weighted by Gasteiger charge is 2.60. The highest BCUT2D eigenvalue weighted by molar-refractivity contribution is 5.76. The van der Waals surface area contributed by atoms with E-state index < -0.39 is 141 Å². The predicted molar refractivity (Wildman–Crippen MR) is 145 cm³/mol. The van der Waals surface area contributed by atoms with Gasteiger partial charge in [-0.2, -0.15) is 0 Å². The highest BCUT2D eigenvalue weighted by atomic mass is 16.8. The SMILES string of the molecule is CC(=O)NC1C(O[C@@H]2OC(CO)[C@H](O)C(O[C@]3(C(=O)O)CC(O)[C@@H](NC(C)=O)C([C@H](O)[C@H](O)CO)O3)C2O)[C@@H](O)C(CO)O[C@@H]1C. The molecule has 3 heterocycles. The van der Waals surface area contributed by atoms with Crippen LogP contribution in [0.1, 0.15) is 27.2 Å². The Morgan fingerprint density at radius 1 is 0.870 bits per heavy atom. The third kappa shape index (κ3) is 8.10. The lowest BCUT2D eigenvalue weighted by Crippen LogP contribution is -2.71. The molecule has 0 radical (unpaired) electrons. The summed E-state index contributed by atoms with van der Waals surface area (Å²) in [5.41, 5.74) is 0. The summed E-state index contributed by atoms with van der Waals surface area (Å²) >= 11 is 0.